The first-order valence-electron chi connectivity index (χ1n) is 8.56. The van der Waals surface area contributed by atoms with Gasteiger partial charge in [0.05, 0.1) is 13.2 Å². The highest BCUT2D eigenvalue weighted by Gasteiger charge is 2.52. The van der Waals surface area contributed by atoms with E-state index in [1.54, 1.807) is 20.8 Å². The fourth-order valence-electron chi connectivity index (χ4n) is 2.38. The van der Waals surface area contributed by atoms with Crippen LogP contribution in [0.3, 0.4) is 0 Å². The average molecular weight is 376 g/mol. The van der Waals surface area contributed by atoms with Gasteiger partial charge in [-0.3, -0.25) is 4.90 Å². The Kier molecular flexibility index (Phi) is 6.35. The quantitative estimate of drug-likeness (QED) is 0.603. The van der Waals surface area contributed by atoms with Gasteiger partial charge in [-0.2, -0.15) is 0 Å². The van der Waals surface area contributed by atoms with Gasteiger partial charge in [0.15, 0.2) is 14.5 Å². The summed E-state index contributed by atoms with van der Waals surface area (Å²) < 4.78 is 16.4. The van der Waals surface area contributed by atoms with Gasteiger partial charge < -0.3 is 19.0 Å². The third-order valence-corrected chi connectivity index (χ3v) is 9.24. The molecule has 0 aromatic carbocycles. The molecule has 1 saturated heterocycles. The van der Waals surface area contributed by atoms with Gasteiger partial charge >= 0.3 is 12.1 Å². The highest BCUT2D eigenvalue weighted by molar-refractivity contribution is 6.74. The van der Waals surface area contributed by atoms with Crippen molar-refractivity contribution in [2.75, 3.05) is 7.11 Å². The van der Waals surface area contributed by atoms with Crippen LogP contribution in [-0.2, 0) is 18.7 Å². The van der Waals surface area contributed by atoms with Crippen LogP contribution in [0.15, 0.2) is 0 Å². The molecule has 0 bridgehead atoms. The summed E-state index contributed by atoms with van der Waals surface area (Å²) in [5.74, 6) is -0.591. The van der Waals surface area contributed by atoms with Crippen molar-refractivity contribution in [3.05, 3.63) is 0 Å². The molecule has 1 amide bonds. The molecule has 146 valence electrons. The van der Waals surface area contributed by atoms with Crippen LogP contribution in [0.25, 0.3) is 0 Å². The van der Waals surface area contributed by atoms with Crippen LogP contribution in [0.4, 0.5) is 4.79 Å². The SMILES string of the molecule is COC(=O)[C@@H]1C[C@@H](O[Si](C)(C)C(C)(C)C)C(O)N1C(=O)OC(C)(C)C. The van der Waals surface area contributed by atoms with Crippen LogP contribution >= 0.6 is 0 Å². The normalized spacial score (nSPS) is 25.0. The average Bonchev–Trinajstić information content (AvgIpc) is 2.71. The summed E-state index contributed by atoms with van der Waals surface area (Å²) in [6.07, 6.45) is -2.48. The Hall–Kier alpha value is -1.12. The number of ether oxygens (including phenoxy) is 2. The van der Waals surface area contributed by atoms with E-state index in [-0.39, 0.29) is 11.5 Å². The number of nitrogens with zero attached hydrogens (tertiary/aromatic N) is 1. The summed E-state index contributed by atoms with van der Waals surface area (Å²) in [5.41, 5.74) is -0.740. The van der Waals surface area contributed by atoms with E-state index in [4.69, 9.17) is 13.9 Å². The standard InChI is InChI=1S/C17H33NO6Si/c1-16(2,3)23-15(21)18-11(14(20)22-7)10-12(13(18)19)24-25(8,9)17(4,5)6/h11-13,19H,10H2,1-9H3/t11-,12+,13?/m0/s1. The van der Waals surface area contributed by atoms with E-state index in [0.717, 1.165) is 4.90 Å². The first kappa shape index (κ1) is 21.9. The van der Waals surface area contributed by atoms with Crippen molar-refractivity contribution in [1.29, 1.82) is 0 Å². The van der Waals surface area contributed by atoms with Crippen LogP contribution in [0.1, 0.15) is 48.0 Å². The van der Waals surface area contributed by atoms with Crippen LogP contribution in [-0.4, -0.2) is 61.5 Å². The van der Waals surface area contributed by atoms with E-state index in [1.165, 1.54) is 7.11 Å². The number of esters is 1. The maximum Gasteiger partial charge on any atom is 0.413 e. The van der Waals surface area contributed by atoms with Crippen molar-refractivity contribution < 1.29 is 28.6 Å². The Morgan fingerprint density at radius 1 is 1.12 bits per heavy atom. The molecule has 1 N–H and O–H groups in total. The van der Waals surface area contributed by atoms with Crippen LogP contribution in [0, 0.1) is 0 Å². The van der Waals surface area contributed by atoms with Crippen molar-refractivity contribution in [3.63, 3.8) is 0 Å². The lowest BCUT2D eigenvalue weighted by Gasteiger charge is -2.39. The number of amides is 1. The highest BCUT2D eigenvalue weighted by Crippen LogP contribution is 2.40. The molecule has 25 heavy (non-hydrogen) atoms. The van der Waals surface area contributed by atoms with Crippen molar-refractivity contribution in [1.82, 2.24) is 4.90 Å². The first-order valence-corrected chi connectivity index (χ1v) is 11.5. The van der Waals surface area contributed by atoms with E-state index in [9.17, 15) is 14.7 Å². The maximum absolute atomic E-state index is 12.5. The van der Waals surface area contributed by atoms with Gasteiger partial charge in [-0.1, -0.05) is 20.8 Å². The van der Waals surface area contributed by atoms with Gasteiger partial charge in [0.25, 0.3) is 0 Å². The third-order valence-electron chi connectivity index (χ3n) is 4.74. The second kappa shape index (κ2) is 7.24. The predicted molar refractivity (Wildman–Crippen MR) is 96.6 cm³/mol. The molecule has 3 atom stereocenters. The number of rotatable bonds is 3. The van der Waals surface area contributed by atoms with Crippen molar-refractivity contribution in [2.24, 2.45) is 0 Å². The summed E-state index contributed by atoms with van der Waals surface area (Å²) in [7, 11) is -0.934. The first-order chi connectivity index (χ1) is 11.1. The van der Waals surface area contributed by atoms with E-state index in [1.807, 2.05) is 0 Å². The van der Waals surface area contributed by atoms with Crippen LogP contribution < -0.4 is 0 Å². The summed E-state index contributed by atoms with van der Waals surface area (Å²) in [5, 5.41) is 10.6. The van der Waals surface area contributed by atoms with Gasteiger partial charge in [-0.05, 0) is 38.9 Å². The summed E-state index contributed by atoms with van der Waals surface area (Å²) in [6.45, 7) is 15.6. The number of hydrogen-bond acceptors (Lipinski definition) is 6. The van der Waals surface area contributed by atoms with Gasteiger partial charge in [-0.25, -0.2) is 9.59 Å². The minimum Gasteiger partial charge on any atom is -0.467 e. The lowest BCUT2D eigenvalue weighted by atomic mass is 10.2. The summed E-state index contributed by atoms with van der Waals surface area (Å²) in [6, 6.07) is -0.926. The second-order valence-corrected chi connectivity index (χ2v) is 13.7. The smallest absolute Gasteiger partial charge is 0.413 e. The molecule has 1 fully saturated rings. The van der Waals surface area contributed by atoms with Gasteiger partial charge in [0, 0.05) is 6.42 Å². The Balaban J connectivity index is 3.07. The van der Waals surface area contributed by atoms with E-state index >= 15 is 0 Å². The van der Waals surface area contributed by atoms with Crippen LogP contribution in [0.2, 0.25) is 18.1 Å². The Bertz CT molecular complexity index is 508. The maximum atomic E-state index is 12.5. The molecule has 1 heterocycles. The van der Waals surface area contributed by atoms with Gasteiger partial charge in [0.2, 0.25) is 0 Å². The van der Waals surface area contributed by atoms with E-state index < -0.39 is 44.4 Å². The topological polar surface area (TPSA) is 85.3 Å². The molecule has 1 aliphatic heterocycles. The molecule has 0 spiro atoms. The molecule has 7 nitrogen and oxygen atoms in total. The fourth-order valence-corrected chi connectivity index (χ4v) is 3.71. The third kappa shape index (κ3) is 5.18. The van der Waals surface area contributed by atoms with Gasteiger partial charge in [0.1, 0.15) is 11.6 Å². The number of aliphatic hydroxyl groups excluding tert-OH is 1. The zero-order valence-corrected chi connectivity index (χ0v) is 17.9. The molecule has 0 radical (unpaired) electrons. The van der Waals surface area contributed by atoms with Gasteiger partial charge in [-0.15, -0.1) is 0 Å². The minimum atomic E-state index is -2.19. The number of carbonyl (C=O) groups excluding carboxylic acids is 2. The number of methoxy groups -OCH3 is 1. The Labute approximate surface area is 151 Å². The summed E-state index contributed by atoms with van der Waals surface area (Å²) >= 11 is 0. The second-order valence-electron chi connectivity index (χ2n) is 8.99. The lowest BCUT2D eigenvalue weighted by Crippen LogP contribution is -2.50. The molecular formula is C17H33NO6Si. The molecule has 0 aromatic rings. The number of likely N-dealkylation sites (tertiary alicyclic amines) is 1. The van der Waals surface area contributed by atoms with Crippen LogP contribution in [0.5, 0.6) is 0 Å². The fraction of sp³-hybridized carbons (Fsp3) is 0.882. The molecule has 1 aliphatic rings. The molecule has 0 aliphatic carbocycles. The predicted octanol–water partition coefficient (Wildman–Crippen LogP) is 2.88. The summed E-state index contributed by atoms with van der Waals surface area (Å²) in [4.78, 5) is 25.7. The largest absolute Gasteiger partial charge is 0.467 e. The Morgan fingerprint density at radius 3 is 2.04 bits per heavy atom. The molecule has 8 heteroatoms. The minimum absolute atomic E-state index is 0.0627. The van der Waals surface area contributed by atoms with Crippen molar-refractivity contribution >= 4 is 20.4 Å². The zero-order valence-electron chi connectivity index (χ0n) is 16.9. The zero-order chi connectivity index (χ0) is 19.8. The monoisotopic (exact) mass is 375 g/mol. The van der Waals surface area contributed by atoms with Crippen molar-refractivity contribution in [2.45, 2.75) is 90.1 Å². The number of hydrogen-bond donors (Lipinski definition) is 1. The van der Waals surface area contributed by atoms with E-state index in [2.05, 4.69) is 33.9 Å². The van der Waals surface area contributed by atoms with Crippen molar-refractivity contribution in [3.8, 4) is 0 Å². The van der Waals surface area contributed by atoms with E-state index in [0.29, 0.717) is 0 Å². The molecule has 0 saturated carbocycles. The molecule has 0 aromatic heterocycles. The number of aliphatic hydroxyl groups is 1. The molecular weight excluding hydrogens is 342 g/mol. The lowest BCUT2D eigenvalue weighted by molar-refractivity contribution is -0.148. The Morgan fingerprint density at radius 2 is 1.64 bits per heavy atom. The highest BCUT2D eigenvalue weighted by atomic mass is 28.4. The molecule has 1 unspecified atom stereocenters. The number of carbonyl (C=O) groups is 2. The molecule has 1 rings (SSSR count).